The minimum atomic E-state index is -0.407. The molecule has 1 N–H and O–H groups in total. The van der Waals surface area contributed by atoms with Crippen molar-refractivity contribution in [3.05, 3.63) is 77.4 Å². The topological polar surface area (TPSA) is 84.1 Å². The van der Waals surface area contributed by atoms with Gasteiger partial charge in [0.1, 0.15) is 12.7 Å². The molecule has 6 nitrogen and oxygen atoms in total. The number of rotatable bonds is 13. The number of halogens is 2. The molecule has 9 heteroatoms. The summed E-state index contributed by atoms with van der Waals surface area (Å²) in [5.74, 6) is 1.13. The fraction of sp³-hybridized carbons (Fsp3) is 0.357. The third kappa shape index (κ3) is 8.48. The second-order valence-corrected chi connectivity index (χ2v) is 11.9. The number of nitriles is 1. The van der Waals surface area contributed by atoms with Gasteiger partial charge in [0.05, 0.1) is 17.2 Å². The van der Waals surface area contributed by atoms with Crippen molar-refractivity contribution in [2.45, 2.75) is 25.7 Å². The Morgan fingerprint density at radius 2 is 1.89 bits per heavy atom. The van der Waals surface area contributed by atoms with E-state index in [1.54, 1.807) is 11.8 Å². The fourth-order valence-electron chi connectivity index (χ4n) is 3.52. The summed E-state index contributed by atoms with van der Waals surface area (Å²) < 4.78 is 21.5. The van der Waals surface area contributed by atoms with Crippen LogP contribution in [0.25, 0.3) is 0 Å². The third-order valence-corrected chi connectivity index (χ3v) is 8.77. The minimum absolute atomic E-state index is 0.0868. The van der Waals surface area contributed by atoms with Gasteiger partial charge in [-0.1, -0.05) is 11.6 Å². The second-order valence-electron chi connectivity index (χ2n) is 8.60. The van der Waals surface area contributed by atoms with E-state index >= 15 is 0 Å². The van der Waals surface area contributed by atoms with Crippen molar-refractivity contribution < 1.29 is 40.5 Å². The van der Waals surface area contributed by atoms with Gasteiger partial charge in [0, 0.05) is 13.2 Å². The van der Waals surface area contributed by atoms with E-state index in [4.69, 9.17) is 30.9 Å². The maximum atomic E-state index is 9.75. The number of benzene rings is 2. The summed E-state index contributed by atoms with van der Waals surface area (Å²) in [5.41, 5.74) is 2.86. The van der Waals surface area contributed by atoms with Crippen LogP contribution in [0.5, 0.6) is 11.5 Å². The molecule has 3 rings (SSSR count). The summed E-state index contributed by atoms with van der Waals surface area (Å²) in [5, 5.41) is 20.0. The molecule has 0 aromatic heterocycles. The van der Waals surface area contributed by atoms with E-state index < -0.39 is 5.41 Å². The molecule has 0 saturated carbocycles. The quantitative estimate of drug-likeness (QED) is 0.265. The Labute approximate surface area is 238 Å². The van der Waals surface area contributed by atoms with Crippen LogP contribution in [0.4, 0.5) is 0 Å². The van der Waals surface area contributed by atoms with Gasteiger partial charge in [-0.05, 0) is 6.42 Å². The van der Waals surface area contributed by atoms with Crippen molar-refractivity contribution in [1.82, 2.24) is 0 Å². The molecule has 2 aromatic rings. The molecule has 198 valence electrons. The molecule has 0 unspecified atom stereocenters. The SMILES string of the molecule is CSC1=C[I-]C=CC(COc2ccc(C(C)(C)c3cc(Cl)c(OCCOCCCO)c(C#N)c3)cc2)=N1. The van der Waals surface area contributed by atoms with Crippen molar-refractivity contribution in [3.8, 4) is 17.6 Å². The van der Waals surface area contributed by atoms with E-state index in [2.05, 4.69) is 39.2 Å². The summed E-state index contributed by atoms with van der Waals surface area (Å²) in [6.07, 6.45) is 4.66. The van der Waals surface area contributed by atoms with Crippen LogP contribution in [0.2, 0.25) is 5.02 Å². The summed E-state index contributed by atoms with van der Waals surface area (Å²) in [6, 6.07) is 13.9. The Hall–Kier alpha value is -2.03. The van der Waals surface area contributed by atoms with Gasteiger partial charge in [-0.25, -0.2) is 0 Å². The van der Waals surface area contributed by atoms with Gasteiger partial charge in [0.15, 0.2) is 5.75 Å². The van der Waals surface area contributed by atoms with Gasteiger partial charge in [0.25, 0.3) is 0 Å². The predicted molar refractivity (Wildman–Crippen MR) is 146 cm³/mol. The zero-order valence-corrected chi connectivity index (χ0v) is 24.9. The van der Waals surface area contributed by atoms with Crippen LogP contribution >= 0.6 is 23.4 Å². The number of hydrogen-bond acceptors (Lipinski definition) is 7. The Morgan fingerprint density at radius 3 is 2.59 bits per heavy atom. The van der Waals surface area contributed by atoms with Gasteiger partial charge in [-0.15, -0.1) is 0 Å². The molecule has 1 aliphatic rings. The van der Waals surface area contributed by atoms with Crippen LogP contribution in [0.1, 0.15) is 37.0 Å². The molecule has 2 aromatic carbocycles. The molecule has 0 radical (unpaired) electrons. The molecular formula is C28H31ClIN2O4S-. The van der Waals surface area contributed by atoms with Gasteiger partial charge in [0.2, 0.25) is 0 Å². The Kier molecular flexibility index (Phi) is 11.8. The first-order valence-corrected chi connectivity index (χ1v) is 15.9. The molecule has 0 amide bonds. The van der Waals surface area contributed by atoms with E-state index in [1.807, 2.05) is 42.7 Å². The molecule has 0 spiro atoms. The number of aliphatic hydroxyl groups excluding tert-OH is 1. The maximum absolute atomic E-state index is 9.75. The molecule has 0 aliphatic carbocycles. The summed E-state index contributed by atoms with van der Waals surface area (Å²) in [6.45, 7) is 5.76. The van der Waals surface area contributed by atoms with E-state index in [0.717, 1.165) is 27.6 Å². The van der Waals surface area contributed by atoms with Gasteiger partial charge < -0.3 is 14.6 Å². The Balaban J connectivity index is 1.68. The first-order valence-electron chi connectivity index (χ1n) is 11.8. The van der Waals surface area contributed by atoms with Crippen LogP contribution in [-0.4, -0.2) is 50.1 Å². The van der Waals surface area contributed by atoms with Crippen LogP contribution in [0, 0.1) is 11.3 Å². The zero-order chi connectivity index (χ0) is 26.7. The molecule has 1 aliphatic heterocycles. The van der Waals surface area contributed by atoms with Crippen molar-refractivity contribution in [2.24, 2.45) is 4.99 Å². The summed E-state index contributed by atoms with van der Waals surface area (Å²) >= 11 is 8.11. The standard InChI is InChI=1S/C28H31ClIN2O4S/c1-28(2,22-15-20(18-31)27(25(29)16-22)35-14-13-34-12-4-11-33)21-5-7-24(8-6-21)36-19-23-9-10-30-17-26(32-23)37-3/h5-10,15-17,33H,4,11-14,19H2,1-3H3/q-1. The average Bonchev–Trinajstić information content (AvgIpc) is 3.15. The molecule has 37 heavy (non-hydrogen) atoms. The molecule has 0 saturated heterocycles. The molecule has 0 bridgehead atoms. The van der Waals surface area contributed by atoms with Crippen LogP contribution < -0.4 is 30.7 Å². The number of aliphatic imine (C=N–C) groups is 1. The molecular weight excluding hydrogens is 623 g/mol. The normalized spacial score (nSPS) is 13.6. The Morgan fingerprint density at radius 1 is 1.11 bits per heavy atom. The summed E-state index contributed by atoms with van der Waals surface area (Å²) in [4.78, 5) is 4.66. The van der Waals surface area contributed by atoms with Crippen LogP contribution in [0.15, 0.2) is 60.7 Å². The average molecular weight is 654 g/mol. The monoisotopic (exact) mass is 653 g/mol. The van der Waals surface area contributed by atoms with Crippen molar-refractivity contribution in [3.63, 3.8) is 0 Å². The zero-order valence-electron chi connectivity index (χ0n) is 21.2. The number of hydrogen-bond donors (Lipinski definition) is 1. The number of ether oxygens (including phenoxy) is 3. The van der Waals surface area contributed by atoms with Crippen LogP contribution in [0.3, 0.4) is 0 Å². The van der Waals surface area contributed by atoms with E-state index in [1.165, 1.54) is 0 Å². The third-order valence-electron chi connectivity index (χ3n) is 5.72. The first kappa shape index (κ1) is 29.5. The van der Waals surface area contributed by atoms with Gasteiger partial charge in [-0.3, -0.25) is 0 Å². The molecule has 1 heterocycles. The van der Waals surface area contributed by atoms with Crippen molar-refractivity contribution in [2.75, 3.05) is 39.3 Å². The molecule has 0 fully saturated rings. The first-order chi connectivity index (χ1) is 17.9. The van der Waals surface area contributed by atoms with Crippen LogP contribution in [-0.2, 0) is 10.2 Å². The fourth-order valence-corrected chi connectivity index (χ4v) is 6.48. The second kappa shape index (κ2) is 14.8. The van der Waals surface area contributed by atoms with E-state index in [9.17, 15) is 5.26 Å². The van der Waals surface area contributed by atoms with E-state index in [0.29, 0.717) is 42.6 Å². The predicted octanol–water partition coefficient (Wildman–Crippen LogP) is 2.91. The van der Waals surface area contributed by atoms with Gasteiger partial charge >= 0.3 is 153 Å². The number of aliphatic hydroxyl groups is 1. The van der Waals surface area contributed by atoms with Gasteiger partial charge in [-0.2, -0.15) is 5.26 Å². The van der Waals surface area contributed by atoms with E-state index in [-0.39, 0.29) is 34.4 Å². The number of thioether (sulfide) groups is 1. The van der Waals surface area contributed by atoms with Crippen molar-refractivity contribution >= 4 is 29.1 Å². The summed E-state index contributed by atoms with van der Waals surface area (Å²) in [7, 11) is 0. The van der Waals surface area contributed by atoms with Crippen molar-refractivity contribution in [1.29, 1.82) is 5.26 Å². The molecule has 0 atom stereocenters. The Bertz CT molecular complexity index is 1190. The number of nitrogens with zero attached hydrogens (tertiary/aromatic N) is 2.